The van der Waals surface area contributed by atoms with Crippen molar-refractivity contribution in [3.05, 3.63) is 178 Å². The van der Waals surface area contributed by atoms with E-state index in [2.05, 4.69) is 72.8 Å². The molecule has 2 aliphatic carbocycles. The van der Waals surface area contributed by atoms with Crippen molar-refractivity contribution in [1.29, 1.82) is 0 Å². The van der Waals surface area contributed by atoms with E-state index >= 15 is 0 Å². The number of fused-ring (bicyclic) bond motifs is 3. The second kappa shape index (κ2) is 15.4. The SMILES string of the molecule is COC(=O)c1cc2cc(-c3ccc(C(=O)c4ccc(C5CCCCC5)cc4)cc3)ccc2c2c1C=CC(c1ccccc1)(c1ccc(C3CCCCC3)cc1)O2. The Balaban J connectivity index is 1.05. The Hall–Kier alpha value is -5.74. The van der Waals surface area contributed by atoms with Gasteiger partial charge in [0.05, 0.1) is 12.7 Å². The smallest absolute Gasteiger partial charge is 0.338 e. The van der Waals surface area contributed by atoms with Crippen molar-refractivity contribution in [2.24, 2.45) is 0 Å². The van der Waals surface area contributed by atoms with Crippen molar-refractivity contribution in [1.82, 2.24) is 0 Å². The molecule has 0 amide bonds. The Bertz CT molecular complexity index is 2400. The Morgan fingerprint density at radius 1 is 0.607 bits per heavy atom. The molecular weight excluding hydrogens is 689 g/mol. The normalized spacial score (nSPS) is 18.6. The molecule has 6 aromatic carbocycles. The van der Waals surface area contributed by atoms with Crippen molar-refractivity contribution >= 4 is 28.6 Å². The lowest BCUT2D eigenvalue weighted by atomic mass is 9.80. The van der Waals surface area contributed by atoms with E-state index < -0.39 is 11.6 Å². The Labute approximate surface area is 330 Å². The number of ketones is 1. The van der Waals surface area contributed by atoms with Gasteiger partial charge in [0.2, 0.25) is 0 Å². The van der Waals surface area contributed by atoms with E-state index in [4.69, 9.17) is 9.47 Å². The first kappa shape index (κ1) is 35.9. The first-order chi connectivity index (χ1) is 27.5. The molecule has 1 unspecified atom stereocenters. The molecule has 9 rings (SSSR count). The lowest BCUT2D eigenvalue weighted by molar-refractivity contribution is 0.0599. The number of carbonyl (C=O) groups excluding carboxylic acids is 2. The molecule has 1 aliphatic heterocycles. The fourth-order valence-corrected chi connectivity index (χ4v) is 9.44. The van der Waals surface area contributed by atoms with Crippen LogP contribution in [0, 0.1) is 0 Å². The molecule has 56 heavy (non-hydrogen) atoms. The van der Waals surface area contributed by atoms with Gasteiger partial charge in [0.25, 0.3) is 0 Å². The van der Waals surface area contributed by atoms with Gasteiger partial charge in [-0.3, -0.25) is 4.79 Å². The molecule has 4 nitrogen and oxygen atoms in total. The van der Waals surface area contributed by atoms with Crippen molar-refractivity contribution < 1.29 is 19.1 Å². The van der Waals surface area contributed by atoms with Gasteiger partial charge < -0.3 is 9.47 Å². The largest absolute Gasteiger partial charge is 0.472 e. The van der Waals surface area contributed by atoms with Crippen LogP contribution in [0.25, 0.3) is 28.0 Å². The standard InChI is InChI=1S/C52H48O4/c1-55-51(54)48-34-43-33-42(39-19-23-41(24-20-39)49(53)40-21-17-37(18-22-40)35-11-5-2-6-12-35)27-30-46(43)50-47(48)31-32-52(56-50,44-15-9-4-10-16-44)45-28-25-38(26-29-45)36-13-7-3-8-14-36/h4,9-10,15-36H,2-3,5-8,11-14H2,1H3. The highest BCUT2D eigenvalue weighted by Gasteiger charge is 2.39. The number of hydrogen-bond acceptors (Lipinski definition) is 4. The Morgan fingerprint density at radius 2 is 1.16 bits per heavy atom. The van der Waals surface area contributed by atoms with Gasteiger partial charge in [0, 0.05) is 33.2 Å². The van der Waals surface area contributed by atoms with Crippen LogP contribution >= 0.6 is 0 Å². The van der Waals surface area contributed by atoms with E-state index in [1.54, 1.807) is 0 Å². The third kappa shape index (κ3) is 6.76. The minimum absolute atomic E-state index is 0.0235. The highest BCUT2D eigenvalue weighted by atomic mass is 16.5. The number of methoxy groups -OCH3 is 1. The molecule has 2 saturated carbocycles. The average Bonchev–Trinajstić information content (AvgIpc) is 3.29. The average molecular weight is 737 g/mol. The number of rotatable bonds is 8. The molecule has 3 aliphatic rings. The van der Waals surface area contributed by atoms with Gasteiger partial charge in [0.15, 0.2) is 11.4 Å². The molecule has 0 aromatic heterocycles. The number of carbonyl (C=O) groups is 2. The zero-order valence-corrected chi connectivity index (χ0v) is 32.1. The number of hydrogen-bond donors (Lipinski definition) is 0. The summed E-state index contributed by atoms with van der Waals surface area (Å²) < 4.78 is 12.6. The molecule has 2 fully saturated rings. The molecule has 280 valence electrons. The van der Waals surface area contributed by atoms with E-state index in [-0.39, 0.29) is 5.78 Å². The molecule has 0 bridgehead atoms. The summed E-state index contributed by atoms with van der Waals surface area (Å²) in [4.78, 5) is 26.9. The summed E-state index contributed by atoms with van der Waals surface area (Å²) in [5.74, 6) is 1.47. The predicted molar refractivity (Wildman–Crippen MR) is 226 cm³/mol. The summed E-state index contributed by atoms with van der Waals surface area (Å²) in [5, 5.41) is 1.77. The predicted octanol–water partition coefficient (Wildman–Crippen LogP) is 13.0. The van der Waals surface area contributed by atoms with Crippen molar-refractivity contribution in [3.63, 3.8) is 0 Å². The highest BCUT2D eigenvalue weighted by molar-refractivity contribution is 6.09. The maximum atomic E-state index is 13.5. The fraction of sp³-hybridized carbons (Fsp3) is 0.269. The monoisotopic (exact) mass is 736 g/mol. The maximum absolute atomic E-state index is 13.5. The third-order valence-electron chi connectivity index (χ3n) is 12.6. The van der Waals surface area contributed by atoms with Crippen LogP contribution < -0.4 is 4.74 Å². The van der Waals surface area contributed by atoms with Gasteiger partial charge in [0.1, 0.15) is 5.75 Å². The van der Waals surface area contributed by atoms with Crippen molar-refractivity contribution in [2.75, 3.05) is 7.11 Å². The van der Waals surface area contributed by atoms with Gasteiger partial charge in [-0.2, -0.15) is 0 Å². The number of benzene rings is 6. The third-order valence-corrected chi connectivity index (χ3v) is 12.6. The maximum Gasteiger partial charge on any atom is 0.338 e. The van der Waals surface area contributed by atoms with E-state index in [9.17, 15) is 9.59 Å². The minimum atomic E-state index is -0.905. The number of esters is 1. The lowest BCUT2D eigenvalue weighted by Crippen LogP contribution is -2.34. The molecule has 0 N–H and O–H groups in total. The van der Waals surface area contributed by atoms with E-state index in [1.807, 2.05) is 66.7 Å². The van der Waals surface area contributed by atoms with Crippen molar-refractivity contribution in [2.45, 2.75) is 81.6 Å². The lowest BCUT2D eigenvalue weighted by Gasteiger charge is -2.37. The van der Waals surface area contributed by atoms with E-state index in [1.165, 1.54) is 82.4 Å². The van der Waals surface area contributed by atoms with Gasteiger partial charge in [-0.25, -0.2) is 4.79 Å². The molecule has 0 radical (unpaired) electrons. The van der Waals surface area contributed by atoms with Crippen LogP contribution in [0.5, 0.6) is 5.75 Å². The second-order valence-corrected chi connectivity index (χ2v) is 16.0. The summed E-state index contributed by atoms with van der Waals surface area (Å²) in [6.07, 6.45) is 16.9. The van der Waals surface area contributed by atoms with Crippen LogP contribution in [0.15, 0.2) is 133 Å². The van der Waals surface area contributed by atoms with Crippen LogP contribution in [-0.4, -0.2) is 18.9 Å². The number of ether oxygens (including phenoxy) is 2. The van der Waals surface area contributed by atoms with Crippen LogP contribution in [0.1, 0.15) is 130 Å². The molecular formula is C52H48O4. The fourth-order valence-electron chi connectivity index (χ4n) is 9.44. The summed E-state index contributed by atoms with van der Waals surface area (Å²) in [6, 6.07) is 43.6. The van der Waals surface area contributed by atoms with Gasteiger partial charge in [-0.15, -0.1) is 0 Å². The molecule has 1 atom stereocenters. The van der Waals surface area contributed by atoms with Crippen LogP contribution in [0.2, 0.25) is 0 Å². The van der Waals surface area contributed by atoms with Crippen LogP contribution in [0.4, 0.5) is 0 Å². The molecule has 4 heteroatoms. The Morgan fingerprint density at radius 3 is 1.77 bits per heavy atom. The minimum Gasteiger partial charge on any atom is -0.472 e. The van der Waals surface area contributed by atoms with Gasteiger partial charge in [-0.1, -0.05) is 154 Å². The zero-order valence-electron chi connectivity index (χ0n) is 32.1. The summed E-state index contributed by atoms with van der Waals surface area (Å²) in [7, 11) is 1.42. The highest BCUT2D eigenvalue weighted by Crippen LogP contribution is 2.47. The van der Waals surface area contributed by atoms with Crippen LogP contribution in [0.3, 0.4) is 0 Å². The quantitative estimate of drug-likeness (QED) is 0.115. The molecule has 0 saturated heterocycles. The molecule has 0 spiro atoms. The van der Waals surface area contributed by atoms with E-state index in [0.29, 0.717) is 39.8 Å². The second-order valence-electron chi connectivity index (χ2n) is 16.0. The van der Waals surface area contributed by atoms with Gasteiger partial charge >= 0.3 is 5.97 Å². The Kier molecular flexibility index (Phi) is 9.89. The molecule has 6 aromatic rings. The zero-order chi connectivity index (χ0) is 38.1. The summed E-state index contributed by atoms with van der Waals surface area (Å²) >= 11 is 0. The molecule has 1 heterocycles. The van der Waals surface area contributed by atoms with Gasteiger partial charge in [-0.05, 0) is 89.4 Å². The van der Waals surface area contributed by atoms with Crippen molar-refractivity contribution in [3.8, 4) is 16.9 Å². The topological polar surface area (TPSA) is 52.6 Å². The van der Waals surface area contributed by atoms with E-state index in [0.717, 1.165) is 33.0 Å². The first-order valence-electron chi connectivity index (χ1n) is 20.5. The van der Waals surface area contributed by atoms with Crippen LogP contribution in [-0.2, 0) is 10.3 Å². The summed E-state index contributed by atoms with van der Waals surface area (Å²) in [5.41, 5.74) is 8.36. The summed E-state index contributed by atoms with van der Waals surface area (Å²) in [6.45, 7) is 0. The first-order valence-corrected chi connectivity index (χ1v) is 20.5.